The maximum Gasteiger partial charge on any atom is 0.170 e. The molecule has 0 aromatic heterocycles. The molecule has 0 saturated heterocycles. The molecule has 18 heavy (non-hydrogen) atoms. The molecule has 0 spiro atoms. The number of carbonyl (C=O) groups excluding carboxylic acids is 1. The fraction of sp³-hybridized carbons (Fsp3) is 0.500. The molecule has 1 saturated carbocycles. The van der Waals surface area contributed by atoms with Crippen LogP contribution in [0.3, 0.4) is 0 Å². The quantitative estimate of drug-likeness (QED) is 0.658. The second kappa shape index (κ2) is 4.13. The lowest BCUT2D eigenvalue weighted by molar-refractivity contribution is 0.0945. The zero-order valence-corrected chi connectivity index (χ0v) is 13.0. The Balaban J connectivity index is 2.44. The second-order valence-electron chi connectivity index (χ2n) is 5.99. The summed E-state index contributed by atoms with van der Waals surface area (Å²) in [6.07, 6.45) is 0. The molecule has 2 rings (SSSR count). The maximum atomic E-state index is 12.6. The monoisotopic (exact) mass is 304 g/mol. The van der Waals surface area contributed by atoms with E-state index in [4.69, 9.17) is 34.8 Å². The van der Waals surface area contributed by atoms with Gasteiger partial charge < -0.3 is 0 Å². The van der Waals surface area contributed by atoms with Crippen LogP contribution in [-0.4, -0.2) is 5.78 Å². The highest BCUT2D eigenvalue weighted by Gasteiger charge is 2.68. The van der Waals surface area contributed by atoms with Crippen LogP contribution in [0.1, 0.15) is 38.1 Å². The molecule has 1 fully saturated rings. The molecule has 0 amide bonds. The van der Waals surface area contributed by atoms with Crippen molar-refractivity contribution in [3.63, 3.8) is 0 Å². The van der Waals surface area contributed by atoms with Crippen LogP contribution in [0.25, 0.3) is 0 Å². The first-order valence-electron chi connectivity index (χ1n) is 5.79. The highest BCUT2D eigenvalue weighted by atomic mass is 35.5. The molecule has 0 N–H and O–H groups in total. The van der Waals surface area contributed by atoms with Crippen molar-refractivity contribution in [2.75, 3.05) is 0 Å². The molecule has 0 bridgehead atoms. The van der Waals surface area contributed by atoms with Crippen LogP contribution in [-0.2, 0) is 0 Å². The third kappa shape index (κ3) is 1.88. The summed E-state index contributed by atoms with van der Waals surface area (Å²) < 4.78 is 0. The number of halogens is 3. The van der Waals surface area contributed by atoms with Gasteiger partial charge in [-0.3, -0.25) is 4.79 Å². The Labute approximate surface area is 122 Å². The van der Waals surface area contributed by atoms with Crippen molar-refractivity contribution < 1.29 is 4.79 Å². The van der Waals surface area contributed by atoms with Gasteiger partial charge in [0, 0.05) is 10.9 Å². The van der Waals surface area contributed by atoms with Crippen LogP contribution in [0.2, 0.25) is 15.1 Å². The molecule has 4 heteroatoms. The van der Waals surface area contributed by atoms with Crippen LogP contribution < -0.4 is 0 Å². The highest BCUT2D eigenvalue weighted by molar-refractivity contribution is 6.42. The van der Waals surface area contributed by atoms with Gasteiger partial charge >= 0.3 is 0 Å². The first-order valence-corrected chi connectivity index (χ1v) is 6.93. The summed E-state index contributed by atoms with van der Waals surface area (Å²) in [7, 11) is 0. The summed E-state index contributed by atoms with van der Waals surface area (Å²) in [5, 5.41) is 1.10. The van der Waals surface area contributed by atoms with Crippen LogP contribution in [0.5, 0.6) is 0 Å². The third-order valence-electron chi connectivity index (χ3n) is 4.54. The van der Waals surface area contributed by atoms with Gasteiger partial charge in [-0.05, 0) is 23.0 Å². The normalized spacial score (nSPS) is 20.8. The summed E-state index contributed by atoms with van der Waals surface area (Å²) in [6, 6.07) is 3.12. The Morgan fingerprint density at radius 3 is 1.72 bits per heavy atom. The molecule has 0 heterocycles. The van der Waals surface area contributed by atoms with E-state index in [0.717, 1.165) is 0 Å². The van der Waals surface area contributed by atoms with E-state index in [2.05, 4.69) is 27.7 Å². The van der Waals surface area contributed by atoms with Crippen molar-refractivity contribution in [1.82, 2.24) is 0 Å². The Morgan fingerprint density at radius 2 is 1.39 bits per heavy atom. The minimum Gasteiger partial charge on any atom is -0.294 e. The number of benzene rings is 1. The number of hydrogen-bond donors (Lipinski definition) is 0. The largest absolute Gasteiger partial charge is 0.294 e. The van der Waals surface area contributed by atoms with Crippen molar-refractivity contribution in [3.8, 4) is 0 Å². The number of ketones is 1. The standard InChI is InChI=1S/C14H15Cl3O/c1-13(2)12(14(13,3)4)11(18)10-8(16)5-7(15)6-9(10)17/h5-6,12H,1-4H3. The fourth-order valence-electron chi connectivity index (χ4n) is 2.77. The van der Waals surface area contributed by atoms with Gasteiger partial charge in [-0.1, -0.05) is 62.5 Å². The van der Waals surface area contributed by atoms with Gasteiger partial charge in [-0.2, -0.15) is 0 Å². The smallest absolute Gasteiger partial charge is 0.170 e. The first-order chi connectivity index (χ1) is 8.10. The zero-order chi connectivity index (χ0) is 13.9. The molecule has 0 unspecified atom stereocenters. The van der Waals surface area contributed by atoms with Gasteiger partial charge in [0.2, 0.25) is 0 Å². The number of hydrogen-bond acceptors (Lipinski definition) is 1. The summed E-state index contributed by atoms with van der Waals surface area (Å²) in [4.78, 5) is 12.6. The Bertz CT molecular complexity index is 495. The molecule has 0 atom stereocenters. The fourth-order valence-corrected chi connectivity index (χ4v) is 3.78. The lowest BCUT2D eigenvalue weighted by atomic mass is 10.0. The van der Waals surface area contributed by atoms with E-state index < -0.39 is 0 Å². The average molecular weight is 306 g/mol. The molecule has 1 aromatic carbocycles. The van der Waals surface area contributed by atoms with Crippen molar-refractivity contribution in [1.29, 1.82) is 0 Å². The molecule has 1 aliphatic carbocycles. The van der Waals surface area contributed by atoms with Gasteiger partial charge in [0.25, 0.3) is 0 Å². The van der Waals surface area contributed by atoms with Crippen molar-refractivity contribution in [2.24, 2.45) is 16.7 Å². The van der Waals surface area contributed by atoms with Crippen molar-refractivity contribution >= 4 is 40.6 Å². The number of rotatable bonds is 2. The topological polar surface area (TPSA) is 17.1 Å². The van der Waals surface area contributed by atoms with E-state index in [1.54, 1.807) is 12.1 Å². The van der Waals surface area contributed by atoms with E-state index in [1.165, 1.54) is 0 Å². The molecular formula is C14H15Cl3O. The van der Waals surface area contributed by atoms with Crippen LogP contribution >= 0.6 is 34.8 Å². The average Bonchev–Trinajstić information content (AvgIpc) is 2.54. The molecule has 1 aromatic rings. The van der Waals surface area contributed by atoms with Crippen molar-refractivity contribution in [2.45, 2.75) is 27.7 Å². The summed E-state index contributed by atoms with van der Waals surface area (Å²) >= 11 is 18.1. The Morgan fingerprint density at radius 1 is 1.00 bits per heavy atom. The van der Waals surface area contributed by atoms with Crippen molar-refractivity contribution in [3.05, 3.63) is 32.8 Å². The van der Waals surface area contributed by atoms with Gasteiger partial charge in [-0.15, -0.1) is 0 Å². The van der Waals surface area contributed by atoms with Crippen LogP contribution in [0.4, 0.5) is 0 Å². The van der Waals surface area contributed by atoms with Gasteiger partial charge in [0.15, 0.2) is 5.78 Å². The molecule has 1 nitrogen and oxygen atoms in total. The highest BCUT2D eigenvalue weighted by Crippen LogP contribution is 2.69. The van der Waals surface area contributed by atoms with Gasteiger partial charge in [0.05, 0.1) is 15.6 Å². The Hall–Kier alpha value is -0.240. The second-order valence-corrected chi connectivity index (χ2v) is 7.24. The predicted octanol–water partition coefficient (Wildman–Crippen LogP) is 5.51. The molecule has 0 radical (unpaired) electrons. The van der Waals surface area contributed by atoms with Crippen LogP contribution in [0.15, 0.2) is 12.1 Å². The minimum atomic E-state index is -0.0545. The maximum absolute atomic E-state index is 12.6. The molecule has 0 aliphatic heterocycles. The molecule has 98 valence electrons. The first kappa shape index (κ1) is 14.2. The van der Waals surface area contributed by atoms with E-state index in [9.17, 15) is 4.79 Å². The minimum absolute atomic E-state index is 0.0108. The van der Waals surface area contributed by atoms with E-state index >= 15 is 0 Å². The summed E-state index contributed by atoms with van der Waals surface area (Å²) in [5.74, 6) is -0.0437. The number of Topliss-reactive ketones (excluding diaryl/α,β-unsaturated/α-hetero) is 1. The van der Waals surface area contributed by atoms with Gasteiger partial charge in [-0.25, -0.2) is 0 Å². The van der Waals surface area contributed by atoms with Crippen LogP contribution in [0, 0.1) is 16.7 Å². The molecular weight excluding hydrogens is 291 g/mol. The SMILES string of the molecule is CC1(C)C(C(=O)c2c(Cl)cc(Cl)cc2Cl)C1(C)C. The van der Waals surface area contributed by atoms with E-state index in [-0.39, 0.29) is 22.5 Å². The number of carbonyl (C=O) groups is 1. The van der Waals surface area contributed by atoms with Gasteiger partial charge in [0.1, 0.15) is 0 Å². The van der Waals surface area contributed by atoms with E-state index in [0.29, 0.717) is 20.6 Å². The lowest BCUT2D eigenvalue weighted by Crippen LogP contribution is -2.09. The summed E-state index contributed by atoms with van der Waals surface area (Å²) in [6.45, 7) is 8.36. The lowest BCUT2D eigenvalue weighted by Gasteiger charge is -2.08. The predicted molar refractivity (Wildman–Crippen MR) is 76.9 cm³/mol. The Kier molecular flexibility index (Phi) is 3.25. The van der Waals surface area contributed by atoms with E-state index in [1.807, 2.05) is 0 Å². The third-order valence-corrected chi connectivity index (χ3v) is 5.35. The summed E-state index contributed by atoms with van der Waals surface area (Å²) in [5.41, 5.74) is 0.332. The molecule has 1 aliphatic rings. The zero-order valence-electron chi connectivity index (χ0n) is 10.8.